The first kappa shape index (κ1) is 9.95. The molecular formula is C9H13N3O3. The van der Waals surface area contributed by atoms with Crippen LogP contribution in [0.15, 0.2) is 4.52 Å². The minimum Gasteiger partial charge on any atom is -0.465 e. The second kappa shape index (κ2) is 3.88. The van der Waals surface area contributed by atoms with Crippen molar-refractivity contribution in [2.24, 2.45) is 0 Å². The second-order valence-corrected chi connectivity index (χ2v) is 3.72. The van der Waals surface area contributed by atoms with E-state index < -0.39 is 6.09 Å². The van der Waals surface area contributed by atoms with Crippen molar-refractivity contribution in [2.75, 3.05) is 13.1 Å². The summed E-state index contributed by atoms with van der Waals surface area (Å²) in [5.74, 6) is 1.48. The first-order chi connectivity index (χ1) is 7.16. The largest absolute Gasteiger partial charge is 0.465 e. The molecule has 0 atom stereocenters. The molecule has 1 fully saturated rings. The van der Waals surface area contributed by atoms with Crippen molar-refractivity contribution in [3.05, 3.63) is 11.7 Å². The van der Waals surface area contributed by atoms with Gasteiger partial charge in [-0.1, -0.05) is 5.16 Å². The Balaban J connectivity index is 1.96. The Morgan fingerprint density at radius 3 is 2.67 bits per heavy atom. The minimum atomic E-state index is -0.852. The van der Waals surface area contributed by atoms with Crippen molar-refractivity contribution < 1.29 is 14.4 Å². The van der Waals surface area contributed by atoms with Gasteiger partial charge in [-0.05, 0) is 19.8 Å². The molecule has 0 bridgehead atoms. The lowest BCUT2D eigenvalue weighted by Gasteiger charge is -2.27. The highest BCUT2D eigenvalue weighted by Crippen LogP contribution is 2.26. The summed E-state index contributed by atoms with van der Waals surface area (Å²) in [6.07, 6.45) is 0.664. The van der Waals surface area contributed by atoms with E-state index in [-0.39, 0.29) is 5.92 Å². The van der Waals surface area contributed by atoms with Gasteiger partial charge in [0, 0.05) is 19.0 Å². The zero-order chi connectivity index (χ0) is 10.8. The molecule has 1 N–H and O–H groups in total. The number of likely N-dealkylation sites (tertiary alicyclic amines) is 1. The highest BCUT2D eigenvalue weighted by molar-refractivity contribution is 5.65. The molecule has 0 spiro atoms. The molecule has 15 heavy (non-hydrogen) atoms. The van der Waals surface area contributed by atoms with Gasteiger partial charge in [-0.25, -0.2) is 4.79 Å². The van der Waals surface area contributed by atoms with Crippen LogP contribution < -0.4 is 0 Å². The summed E-state index contributed by atoms with van der Waals surface area (Å²) >= 11 is 0. The van der Waals surface area contributed by atoms with Crippen LogP contribution in [0.25, 0.3) is 0 Å². The number of carboxylic acid groups (broad SMARTS) is 1. The molecule has 0 aliphatic carbocycles. The molecule has 6 heteroatoms. The van der Waals surface area contributed by atoms with Gasteiger partial charge in [-0.15, -0.1) is 0 Å². The molecule has 82 valence electrons. The molecule has 1 aliphatic rings. The van der Waals surface area contributed by atoms with Gasteiger partial charge in [0.15, 0.2) is 5.82 Å². The van der Waals surface area contributed by atoms with Crippen LogP contribution in [0.4, 0.5) is 4.79 Å². The summed E-state index contributed by atoms with van der Waals surface area (Å²) in [4.78, 5) is 16.3. The lowest BCUT2D eigenvalue weighted by Crippen LogP contribution is -2.36. The molecule has 1 aliphatic heterocycles. The van der Waals surface area contributed by atoms with E-state index in [4.69, 9.17) is 9.63 Å². The van der Waals surface area contributed by atoms with Gasteiger partial charge in [0.1, 0.15) is 0 Å². The van der Waals surface area contributed by atoms with Crippen LogP contribution in [-0.4, -0.2) is 39.3 Å². The molecule has 0 saturated carbocycles. The predicted octanol–water partition coefficient (Wildman–Crippen LogP) is 1.24. The topological polar surface area (TPSA) is 79.5 Å². The smallest absolute Gasteiger partial charge is 0.407 e. The lowest BCUT2D eigenvalue weighted by molar-refractivity contribution is 0.128. The van der Waals surface area contributed by atoms with Gasteiger partial charge in [-0.2, -0.15) is 4.98 Å². The van der Waals surface area contributed by atoms with Crippen molar-refractivity contribution in [1.29, 1.82) is 0 Å². The minimum absolute atomic E-state index is 0.210. The van der Waals surface area contributed by atoms with Crippen LogP contribution in [-0.2, 0) is 0 Å². The van der Waals surface area contributed by atoms with Gasteiger partial charge in [0.2, 0.25) is 5.89 Å². The highest BCUT2D eigenvalue weighted by Gasteiger charge is 2.26. The summed E-state index contributed by atoms with van der Waals surface area (Å²) in [6, 6.07) is 0. The quantitative estimate of drug-likeness (QED) is 0.755. The Bertz CT molecular complexity index is 355. The third kappa shape index (κ3) is 2.08. The van der Waals surface area contributed by atoms with Gasteiger partial charge >= 0.3 is 6.09 Å². The number of piperidine rings is 1. The maximum Gasteiger partial charge on any atom is 0.407 e. The van der Waals surface area contributed by atoms with E-state index in [9.17, 15) is 4.79 Å². The molecule has 0 unspecified atom stereocenters. The third-order valence-corrected chi connectivity index (χ3v) is 2.66. The van der Waals surface area contributed by atoms with Crippen LogP contribution in [0.5, 0.6) is 0 Å². The van der Waals surface area contributed by atoms with Crippen molar-refractivity contribution in [3.63, 3.8) is 0 Å². The Morgan fingerprint density at radius 2 is 2.20 bits per heavy atom. The molecule has 2 rings (SSSR count). The molecular weight excluding hydrogens is 198 g/mol. The number of hydrogen-bond donors (Lipinski definition) is 1. The Morgan fingerprint density at radius 1 is 1.53 bits per heavy atom. The van der Waals surface area contributed by atoms with Crippen LogP contribution in [0, 0.1) is 6.92 Å². The molecule has 0 radical (unpaired) electrons. The van der Waals surface area contributed by atoms with E-state index >= 15 is 0 Å². The van der Waals surface area contributed by atoms with Gasteiger partial charge in [-0.3, -0.25) is 0 Å². The van der Waals surface area contributed by atoms with E-state index in [2.05, 4.69) is 10.1 Å². The van der Waals surface area contributed by atoms with Crippen LogP contribution in [0.1, 0.15) is 30.5 Å². The van der Waals surface area contributed by atoms with Crippen LogP contribution >= 0.6 is 0 Å². The summed E-state index contributed by atoms with van der Waals surface area (Å²) in [7, 11) is 0. The van der Waals surface area contributed by atoms with Crippen molar-refractivity contribution in [3.8, 4) is 0 Å². The molecule has 1 saturated heterocycles. The van der Waals surface area contributed by atoms with Crippen molar-refractivity contribution in [1.82, 2.24) is 15.0 Å². The molecule has 1 aromatic heterocycles. The van der Waals surface area contributed by atoms with Gasteiger partial charge < -0.3 is 14.5 Å². The summed E-state index contributed by atoms with van der Waals surface area (Å²) < 4.78 is 5.07. The van der Waals surface area contributed by atoms with Gasteiger partial charge in [0.25, 0.3) is 0 Å². The van der Waals surface area contributed by atoms with E-state index in [0.717, 1.165) is 12.8 Å². The monoisotopic (exact) mass is 211 g/mol. The van der Waals surface area contributed by atoms with Crippen molar-refractivity contribution >= 4 is 6.09 Å². The zero-order valence-corrected chi connectivity index (χ0v) is 8.51. The van der Waals surface area contributed by atoms with E-state index in [1.165, 1.54) is 4.90 Å². The Kier molecular flexibility index (Phi) is 2.57. The molecule has 2 heterocycles. The number of nitrogens with zero attached hydrogens (tertiary/aromatic N) is 3. The number of carbonyl (C=O) groups is 1. The first-order valence-corrected chi connectivity index (χ1v) is 4.95. The predicted molar refractivity (Wildman–Crippen MR) is 50.6 cm³/mol. The summed E-state index contributed by atoms with van der Waals surface area (Å²) in [5.41, 5.74) is 0. The standard InChI is InChI=1S/C9H13N3O3/c1-6-10-8(15-11-6)7-2-4-12(5-3-7)9(13)14/h7H,2-5H2,1H3,(H,13,14). The number of amides is 1. The summed E-state index contributed by atoms with van der Waals surface area (Å²) in [6.45, 7) is 2.86. The number of aryl methyl sites for hydroxylation is 1. The molecule has 6 nitrogen and oxygen atoms in total. The second-order valence-electron chi connectivity index (χ2n) is 3.72. The maximum absolute atomic E-state index is 10.7. The molecule has 1 aromatic rings. The Hall–Kier alpha value is -1.59. The SMILES string of the molecule is Cc1noc(C2CCN(C(=O)O)CC2)n1. The lowest BCUT2D eigenvalue weighted by atomic mass is 9.97. The first-order valence-electron chi connectivity index (χ1n) is 4.95. The maximum atomic E-state index is 10.7. The fraction of sp³-hybridized carbons (Fsp3) is 0.667. The summed E-state index contributed by atoms with van der Waals surface area (Å²) in [5, 5.41) is 12.5. The average molecular weight is 211 g/mol. The fourth-order valence-electron chi connectivity index (χ4n) is 1.80. The normalized spacial score (nSPS) is 18.1. The number of hydrogen-bond acceptors (Lipinski definition) is 4. The fourth-order valence-corrected chi connectivity index (χ4v) is 1.80. The average Bonchev–Trinajstić information content (AvgIpc) is 2.65. The van der Waals surface area contributed by atoms with Gasteiger partial charge in [0.05, 0.1) is 0 Å². The number of aromatic nitrogens is 2. The molecule has 1 amide bonds. The number of rotatable bonds is 1. The zero-order valence-electron chi connectivity index (χ0n) is 8.51. The van der Waals surface area contributed by atoms with Crippen molar-refractivity contribution in [2.45, 2.75) is 25.7 Å². The Labute approximate surface area is 86.9 Å². The van der Waals surface area contributed by atoms with E-state index in [0.29, 0.717) is 24.8 Å². The van der Waals surface area contributed by atoms with E-state index in [1.54, 1.807) is 6.92 Å². The highest BCUT2D eigenvalue weighted by atomic mass is 16.5. The van der Waals surface area contributed by atoms with E-state index in [1.807, 2.05) is 0 Å². The third-order valence-electron chi connectivity index (χ3n) is 2.66. The molecule has 0 aromatic carbocycles. The van der Waals surface area contributed by atoms with Crippen LogP contribution in [0.3, 0.4) is 0 Å². The van der Waals surface area contributed by atoms with Crippen LogP contribution in [0.2, 0.25) is 0 Å².